The number of sulfone groups is 1. The van der Waals surface area contributed by atoms with Crippen molar-refractivity contribution in [1.29, 1.82) is 0 Å². The minimum Gasteiger partial charge on any atom is -0.494 e. The monoisotopic (exact) mass is 285 g/mol. The lowest BCUT2D eigenvalue weighted by Gasteiger charge is -2.08. The Bertz CT molecular complexity index is 454. The van der Waals surface area contributed by atoms with E-state index in [1.165, 1.54) is 0 Å². The average molecular weight is 285 g/mol. The average Bonchev–Trinajstić information content (AvgIpc) is 2.37. The van der Waals surface area contributed by atoms with Crippen LogP contribution >= 0.6 is 0 Å². The molecule has 0 fully saturated rings. The summed E-state index contributed by atoms with van der Waals surface area (Å²) in [6.07, 6.45) is 1.65. The van der Waals surface area contributed by atoms with Gasteiger partial charge in [-0.2, -0.15) is 0 Å². The molecule has 0 unspecified atom stereocenters. The Morgan fingerprint density at radius 1 is 1.05 bits per heavy atom. The molecule has 0 aliphatic rings. The normalized spacial score (nSPS) is 11.3. The van der Waals surface area contributed by atoms with Crippen molar-refractivity contribution in [2.75, 3.05) is 30.0 Å². The quantitative estimate of drug-likeness (QED) is 0.758. The molecule has 1 rings (SSSR count). The first-order valence-corrected chi connectivity index (χ1v) is 8.56. The number of anilines is 1. The van der Waals surface area contributed by atoms with Gasteiger partial charge in [-0.1, -0.05) is 13.8 Å². The van der Waals surface area contributed by atoms with Gasteiger partial charge in [0.2, 0.25) is 0 Å². The second-order valence-corrected chi connectivity index (χ2v) is 6.76. The highest BCUT2D eigenvalue weighted by Crippen LogP contribution is 2.15. The fourth-order valence-electron chi connectivity index (χ4n) is 1.65. The van der Waals surface area contributed by atoms with Crippen LogP contribution in [0.25, 0.3) is 0 Å². The van der Waals surface area contributed by atoms with Gasteiger partial charge in [-0.3, -0.25) is 0 Å². The highest BCUT2D eigenvalue weighted by Gasteiger charge is 2.08. The van der Waals surface area contributed by atoms with Crippen molar-refractivity contribution in [2.24, 2.45) is 0 Å². The summed E-state index contributed by atoms with van der Waals surface area (Å²) in [7, 11) is -2.91. The van der Waals surface area contributed by atoms with Gasteiger partial charge in [0, 0.05) is 18.0 Å². The van der Waals surface area contributed by atoms with E-state index < -0.39 is 9.84 Å². The molecule has 108 valence electrons. The third-order valence-electron chi connectivity index (χ3n) is 2.58. The summed E-state index contributed by atoms with van der Waals surface area (Å²) >= 11 is 0. The molecule has 0 atom stereocenters. The summed E-state index contributed by atoms with van der Waals surface area (Å²) in [6, 6.07) is 7.58. The summed E-state index contributed by atoms with van der Waals surface area (Å²) in [6.45, 7) is 5.09. The number of ether oxygens (including phenoxy) is 1. The van der Waals surface area contributed by atoms with Crippen molar-refractivity contribution in [3.05, 3.63) is 24.3 Å². The van der Waals surface area contributed by atoms with Crippen LogP contribution < -0.4 is 10.1 Å². The molecule has 4 nitrogen and oxygen atoms in total. The first-order valence-electron chi connectivity index (χ1n) is 6.74. The minimum absolute atomic E-state index is 0.176. The van der Waals surface area contributed by atoms with Gasteiger partial charge in [0.1, 0.15) is 5.75 Å². The van der Waals surface area contributed by atoms with Crippen LogP contribution in [0.3, 0.4) is 0 Å². The molecular formula is C14H23NO3S. The highest BCUT2D eigenvalue weighted by molar-refractivity contribution is 7.91. The van der Waals surface area contributed by atoms with E-state index in [0.717, 1.165) is 17.9 Å². The first-order chi connectivity index (χ1) is 9.07. The highest BCUT2D eigenvalue weighted by atomic mass is 32.2. The third-order valence-corrected chi connectivity index (χ3v) is 4.44. The summed E-state index contributed by atoms with van der Waals surface area (Å²) in [5.74, 6) is 1.28. The van der Waals surface area contributed by atoms with E-state index in [2.05, 4.69) is 12.2 Å². The Kier molecular flexibility index (Phi) is 6.70. The van der Waals surface area contributed by atoms with Gasteiger partial charge in [-0.25, -0.2) is 8.42 Å². The number of nitrogens with one attached hydrogen (secondary N) is 1. The molecule has 1 aromatic carbocycles. The van der Waals surface area contributed by atoms with Crippen LogP contribution in [0.15, 0.2) is 24.3 Å². The maximum absolute atomic E-state index is 11.5. The smallest absolute Gasteiger partial charge is 0.152 e. The van der Waals surface area contributed by atoms with E-state index in [-0.39, 0.29) is 11.5 Å². The van der Waals surface area contributed by atoms with E-state index in [9.17, 15) is 8.42 Å². The Balaban J connectivity index is 2.38. The van der Waals surface area contributed by atoms with Crippen LogP contribution in [0, 0.1) is 0 Å². The molecule has 1 aromatic rings. The van der Waals surface area contributed by atoms with Crippen molar-refractivity contribution in [2.45, 2.75) is 26.7 Å². The predicted octanol–water partition coefficient (Wildman–Crippen LogP) is 2.71. The zero-order valence-corrected chi connectivity index (χ0v) is 12.5. The number of rotatable bonds is 9. The zero-order chi connectivity index (χ0) is 14.1. The van der Waals surface area contributed by atoms with E-state index >= 15 is 0 Å². The Hall–Kier alpha value is -1.23. The summed E-state index contributed by atoms with van der Waals surface area (Å²) in [5, 5.41) is 3.11. The van der Waals surface area contributed by atoms with Crippen molar-refractivity contribution in [3.8, 4) is 5.75 Å². The second kappa shape index (κ2) is 8.04. The number of benzene rings is 1. The minimum atomic E-state index is -2.91. The van der Waals surface area contributed by atoms with Crippen molar-refractivity contribution < 1.29 is 13.2 Å². The van der Waals surface area contributed by atoms with Crippen LogP contribution in [-0.4, -0.2) is 33.1 Å². The third kappa shape index (κ3) is 6.47. The van der Waals surface area contributed by atoms with Gasteiger partial charge in [0.05, 0.1) is 12.4 Å². The van der Waals surface area contributed by atoms with Gasteiger partial charge < -0.3 is 10.1 Å². The Labute approximate surface area is 116 Å². The number of hydrogen-bond donors (Lipinski definition) is 1. The van der Waals surface area contributed by atoms with Crippen LogP contribution in [0.2, 0.25) is 0 Å². The molecule has 0 amide bonds. The van der Waals surface area contributed by atoms with Gasteiger partial charge in [-0.05, 0) is 37.1 Å². The lowest BCUT2D eigenvalue weighted by molar-refractivity contribution is 0.317. The Morgan fingerprint density at radius 3 is 2.32 bits per heavy atom. The second-order valence-electron chi connectivity index (χ2n) is 4.45. The summed E-state index contributed by atoms with van der Waals surface area (Å²) in [4.78, 5) is 0. The van der Waals surface area contributed by atoms with E-state index in [4.69, 9.17) is 4.74 Å². The molecule has 1 N–H and O–H groups in total. The molecular weight excluding hydrogens is 262 g/mol. The van der Waals surface area contributed by atoms with E-state index in [0.29, 0.717) is 19.6 Å². The van der Waals surface area contributed by atoms with Crippen molar-refractivity contribution >= 4 is 15.5 Å². The molecule has 0 saturated heterocycles. The lowest BCUT2D eigenvalue weighted by Crippen LogP contribution is -2.18. The maximum atomic E-state index is 11.5. The topological polar surface area (TPSA) is 55.4 Å². The molecule has 0 bridgehead atoms. The molecule has 19 heavy (non-hydrogen) atoms. The molecule has 0 aliphatic heterocycles. The molecule has 0 aromatic heterocycles. The van der Waals surface area contributed by atoms with E-state index in [1.54, 1.807) is 0 Å². The molecule has 5 heteroatoms. The van der Waals surface area contributed by atoms with Gasteiger partial charge in [0.15, 0.2) is 9.84 Å². The molecule has 0 heterocycles. The molecule has 0 spiro atoms. The number of hydrogen-bond acceptors (Lipinski definition) is 4. The maximum Gasteiger partial charge on any atom is 0.152 e. The fraction of sp³-hybridized carbons (Fsp3) is 0.571. The Morgan fingerprint density at radius 2 is 1.74 bits per heavy atom. The van der Waals surface area contributed by atoms with Crippen LogP contribution in [0.4, 0.5) is 5.69 Å². The molecule has 0 aliphatic carbocycles. The SMILES string of the molecule is CCCOc1ccc(NCCS(=O)(=O)CCC)cc1. The largest absolute Gasteiger partial charge is 0.494 e. The standard InChI is InChI=1S/C14H23NO3S/c1-3-10-18-14-7-5-13(6-8-14)15-9-12-19(16,17)11-4-2/h5-8,15H,3-4,9-12H2,1-2H3. The fourth-order valence-corrected chi connectivity index (χ4v) is 2.89. The molecule has 0 radical (unpaired) electrons. The van der Waals surface area contributed by atoms with Gasteiger partial charge in [-0.15, -0.1) is 0 Å². The van der Waals surface area contributed by atoms with E-state index in [1.807, 2.05) is 31.2 Å². The van der Waals surface area contributed by atoms with Crippen molar-refractivity contribution in [1.82, 2.24) is 0 Å². The van der Waals surface area contributed by atoms with Gasteiger partial charge in [0.25, 0.3) is 0 Å². The zero-order valence-electron chi connectivity index (χ0n) is 11.7. The molecule has 0 saturated carbocycles. The predicted molar refractivity (Wildman–Crippen MR) is 79.7 cm³/mol. The summed E-state index contributed by atoms with van der Waals surface area (Å²) in [5.41, 5.74) is 0.913. The van der Waals surface area contributed by atoms with Crippen molar-refractivity contribution in [3.63, 3.8) is 0 Å². The first kappa shape index (κ1) is 15.8. The lowest BCUT2D eigenvalue weighted by atomic mass is 10.3. The summed E-state index contributed by atoms with van der Waals surface area (Å²) < 4.78 is 28.5. The van der Waals surface area contributed by atoms with Crippen LogP contribution in [0.5, 0.6) is 5.75 Å². The van der Waals surface area contributed by atoms with Crippen LogP contribution in [-0.2, 0) is 9.84 Å². The van der Waals surface area contributed by atoms with Gasteiger partial charge >= 0.3 is 0 Å². The van der Waals surface area contributed by atoms with Crippen LogP contribution in [0.1, 0.15) is 26.7 Å².